The lowest BCUT2D eigenvalue weighted by atomic mass is 9.57. The average Bonchev–Trinajstić information content (AvgIpc) is 3.14. The fourth-order valence-corrected chi connectivity index (χ4v) is 6.64. The Morgan fingerprint density at radius 1 is 1.15 bits per heavy atom. The van der Waals surface area contributed by atoms with E-state index in [2.05, 4.69) is 17.1 Å². The Morgan fingerprint density at radius 3 is 2.61 bits per heavy atom. The van der Waals surface area contributed by atoms with Crippen molar-refractivity contribution in [3.63, 3.8) is 0 Å². The van der Waals surface area contributed by atoms with E-state index in [1.165, 1.54) is 4.90 Å². The lowest BCUT2D eigenvalue weighted by molar-refractivity contribution is -0.159. The van der Waals surface area contributed by atoms with Crippen LogP contribution in [0, 0.1) is 11.2 Å². The van der Waals surface area contributed by atoms with Crippen molar-refractivity contribution >= 4 is 17.7 Å². The van der Waals surface area contributed by atoms with Crippen molar-refractivity contribution in [2.75, 3.05) is 19.6 Å². The number of halogens is 1. The normalized spacial score (nSPS) is 30.0. The Bertz CT molecular complexity index is 1010. The molecular weight excluding hydrogens is 425 g/mol. The molecule has 178 valence electrons. The van der Waals surface area contributed by atoms with E-state index < -0.39 is 34.7 Å². The van der Waals surface area contributed by atoms with E-state index in [9.17, 15) is 19.5 Å². The predicted molar refractivity (Wildman–Crippen MR) is 119 cm³/mol. The maximum absolute atomic E-state index is 16.1. The molecule has 2 saturated heterocycles. The summed E-state index contributed by atoms with van der Waals surface area (Å²) >= 11 is 0. The molecular formula is C25H32FN3O4. The highest BCUT2D eigenvalue weighted by molar-refractivity contribution is 6.05. The Morgan fingerprint density at radius 2 is 1.91 bits per heavy atom. The molecule has 3 fully saturated rings. The van der Waals surface area contributed by atoms with E-state index in [1.807, 2.05) is 0 Å². The van der Waals surface area contributed by atoms with Crippen molar-refractivity contribution < 1.29 is 23.9 Å². The molecule has 8 heteroatoms. The highest BCUT2D eigenvalue weighted by Gasteiger charge is 2.56. The number of amides is 3. The van der Waals surface area contributed by atoms with Crippen molar-refractivity contribution in [3.8, 4) is 0 Å². The smallest absolute Gasteiger partial charge is 0.255 e. The zero-order valence-corrected chi connectivity index (χ0v) is 19.2. The van der Waals surface area contributed by atoms with Crippen LogP contribution in [0.3, 0.4) is 0 Å². The number of aliphatic hydroxyl groups is 1. The fourth-order valence-electron chi connectivity index (χ4n) is 6.64. The van der Waals surface area contributed by atoms with Gasteiger partial charge in [0, 0.05) is 41.6 Å². The Balaban J connectivity index is 1.50. The molecule has 1 spiro atoms. The molecule has 0 bridgehead atoms. The second-order valence-corrected chi connectivity index (χ2v) is 10.2. The van der Waals surface area contributed by atoms with Gasteiger partial charge in [0.05, 0.1) is 6.54 Å². The van der Waals surface area contributed by atoms with Crippen LogP contribution in [0.2, 0.25) is 0 Å². The summed E-state index contributed by atoms with van der Waals surface area (Å²) in [7, 11) is 0. The first-order valence-corrected chi connectivity index (χ1v) is 12.2. The third-order valence-corrected chi connectivity index (χ3v) is 8.55. The van der Waals surface area contributed by atoms with Gasteiger partial charge in [-0.05, 0) is 38.3 Å². The number of benzene rings is 1. The highest BCUT2D eigenvalue weighted by atomic mass is 19.1. The Hall–Kier alpha value is -2.32. The standard InChI is InChI=1S/C25H32FN3O4/c1-2-28-13-12-25(33,24(15-28)10-4-3-5-11-24)18-7-6-16-17(21(18)26)14-29(23(16)32)19-8-9-20(30)27-22(19)31/h6-7,19,33H,2-5,8-15H2,1H3,(H,27,30,31). The first-order valence-electron chi connectivity index (χ1n) is 12.2. The second kappa shape index (κ2) is 8.17. The van der Waals surface area contributed by atoms with Gasteiger partial charge in [0.1, 0.15) is 17.5 Å². The summed E-state index contributed by atoms with van der Waals surface area (Å²) in [5.74, 6) is -1.79. The summed E-state index contributed by atoms with van der Waals surface area (Å²) in [6, 6.07) is 2.42. The van der Waals surface area contributed by atoms with Crippen LogP contribution in [0.4, 0.5) is 4.39 Å². The van der Waals surface area contributed by atoms with Gasteiger partial charge < -0.3 is 14.9 Å². The molecule has 1 aromatic carbocycles. The number of piperidine rings is 2. The lowest BCUT2D eigenvalue weighted by Crippen LogP contribution is -2.59. The molecule has 3 aliphatic heterocycles. The van der Waals surface area contributed by atoms with Crippen molar-refractivity contribution in [1.29, 1.82) is 0 Å². The molecule has 3 amide bonds. The maximum Gasteiger partial charge on any atom is 0.255 e. The van der Waals surface area contributed by atoms with Crippen LogP contribution in [0.25, 0.3) is 0 Å². The summed E-state index contributed by atoms with van der Waals surface area (Å²) in [6.45, 7) is 4.45. The number of hydrogen-bond donors (Lipinski definition) is 2. The number of carbonyl (C=O) groups excluding carboxylic acids is 3. The van der Waals surface area contributed by atoms with E-state index in [1.54, 1.807) is 12.1 Å². The topological polar surface area (TPSA) is 89.9 Å². The summed E-state index contributed by atoms with van der Waals surface area (Å²) in [4.78, 5) is 40.6. The minimum absolute atomic E-state index is 0.0235. The van der Waals surface area contributed by atoms with Gasteiger partial charge in [0.2, 0.25) is 11.8 Å². The van der Waals surface area contributed by atoms with Crippen LogP contribution in [-0.2, 0) is 21.7 Å². The van der Waals surface area contributed by atoms with Crippen molar-refractivity contribution in [1.82, 2.24) is 15.1 Å². The third-order valence-electron chi connectivity index (χ3n) is 8.55. The largest absolute Gasteiger partial charge is 0.384 e. The van der Waals surface area contributed by atoms with E-state index in [0.29, 0.717) is 13.0 Å². The van der Waals surface area contributed by atoms with Gasteiger partial charge >= 0.3 is 0 Å². The predicted octanol–water partition coefficient (Wildman–Crippen LogP) is 2.45. The van der Waals surface area contributed by atoms with Crippen molar-refractivity contribution in [3.05, 3.63) is 34.6 Å². The van der Waals surface area contributed by atoms with Gasteiger partial charge in [-0.25, -0.2) is 4.39 Å². The average molecular weight is 458 g/mol. The summed E-state index contributed by atoms with van der Waals surface area (Å²) < 4.78 is 16.1. The molecule has 2 unspecified atom stereocenters. The Kier molecular flexibility index (Phi) is 5.56. The van der Waals surface area contributed by atoms with Gasteiger partial charge in [0.25, 0.3) is 5.91 Å². The number of likely N-dealkylation sites (tertiary alicyclic amines) is 1. The second-order valence-electron chi connectivity index (χ2n) is 10.2. The van der Waals surface area contributed by atoms with Crippen molar-refractivity contribution in [2.24, 2.45) is 5.41 Å². The molecule has 2 N–H and O–H groups in total. The van der Waals surface area contributed by atoms with Crippen LogP contribution < -0.4 is 5.32 Å². The van der Waals surface area contributed by atoms with Gasteiger partial charge in [-0.1, -0.05) is 32.3 Å². The van der Waals surface area contributed by atoms with Gasteiger partial charge in [-0.3, -0.25) is 19.7 Å². The molecule has 33 heavy (non-hydrogen) atoms. The number of carbonyl (C=O) groups is 3. The van der Waals surface area contributed by atoms with Crippen molar-refractivity contribution in [2.45, 2.75) is 76.5 Å². The summed E-state index contributed by atoms with van der Waals surface area (Å²) in [6.07, 6.45) is 5.74. The fraction of sp³-hybridized carbons (Fsp3) is 0.640. The number of nitrogens with zero attached hydrogens (tertiary/aromatic N) is 2. The molecule has 5 rings (SSSR count). The number of imide groups is 1. The molecule has 4 aliphatic rings. The minimum Gasteiger partial charge on any atom is -0.384 e. The van der Waals surface area contributed by atoms with E-state index in [0.717, 1.165) is 45.2 Å². The molecule has 0 aromatic heterocycles. The molecule has 0 radical (unpaired) electrons. The number of fused-ring (bicyclic) bond motifs is 1. The molecule has 3 heterocycles. The monoisotopic (exact) mass is 457 g/mol. The van der Waals surface area contributed by atoms with Crippen LogP contribution in [0.5, 0.6) is 0 Å². The van der Waals surface area contributed by atoms with Crippen LogP contribution in [-0.4, -0.2) is 58.3 Å². The number of rotatable bonds is 3. The Labute approximate surface area is 193 Å². The number of nitrogens with one attached hydrogen (secondary N) is 1. The molecule has 1 saturated carbocycles. The van der Waals surface area contributed by atoms with Crippen LogP contribution >= 0.6 is 0 Å². The van der Waals surface area contributed by atoms with E-state index in [4.69, 9.17) is 0 Å². The zero-order valence-electron chi connectivity index (χ0n) is 19.2. The molecule has 1 aromatic rings. The third kappa shape index (κ3) is 3.41. The van der Waals surface area contributed by atoms with Gasteiger partial charge in [-0.2, -0.15) is 0 Å². The summed E-state index contributed by atoms with van der Waals surface area (Å²) in [5, 5.41) is 14.4. The highest BCUT2D eigenvalue weighted by Crippen LogP contribution is 2.55. The lowest BCUT2D eigenvalue weighted by Gasteiger charge is -2.56. The van der Waals surface area contributed by atoms with Gasteiger partial charge in [0.15, 0.2) is 0 Å². The van der Waals surface area contributed by atoms with Crippen LogP contribution in [0.1, 0.15) is 79.8 Å². The summed E-state index contributed by atoms with van der Waals surface area (Å²) in [5.41, 5.74) is -0.909. The quantitative estimate of drug-likeness (QED) is 0.681. The first kappa shape index (κ1) is 22.5. The van der Waals surface area contributed by atoms with E-state index >= 15 is 4.39 Å². The minimum atomic E-state index is -1.29. The SMILES string of the molecule is CCN1CCC(O)(c2ccc3c(c2F)CN(C2CCC(=O)NC2=O)C3=O)C2(CCCCC2)C1. The van der Waals surface area contributed by atoms with E-state index in [-0.39, 0.29) is 42.0 Å². The first-order chi connectivity index (χ1) is 15.8. The maximum atomic E-state index is 16.1. The molecule has 7 nitrogen and oxygen atoms in total. The molecule has 2 atom stereocenters. The number of hydrogen-bond acceptors (Lipinski definition) is 5. The van der Waals surface area contributed by atoms with Gasteiger partial charge in [-0.15, -0.1) is 0 Å². The molecule has 1 aliphatic carbocycles. The zero-order chi connectivity index (χ0) is 23.4. The van der Waals surface area contributed by atoms with Crippen LogP contribution in [0.15, 0.2) is 12.1 Å².